The smallest absolute Gasteiger partial charge is 0.225 e. The number of hydrogen-bond donors (Lipinski definition) is 0. The molecule has 0 aliphatic carbocycles. The molecule has 7 nitrogen and oxygen atoms in total. The minimum atomic E-state index is -0.417. The number of aryl methyl sites for hydroxylation is 1. The molecule has 4 heterocycles. The molecule has 2 aromatic rings. The molecule has 0 N–H and O–H groups in total. The summed E-state index contributed by atoms with van der Waals surface area (Å²) >= 11 is 0. The number of fused-ring (bicyclic) bond motifs is 1. The number of anilines is 2. The predicted octanol–water partition coefficient (Wildman–Crippen LogP) is 1.45. The van der Waals surface area contributed by atoms with Crippen LogP contribution < -0.4 is 9.80 Å². The third kappa shape index (κ3) is 3.53. The maximum absolute atomic E-state index is 13.0. The molecule has 0 amide bonds. The van der Waals surface area contributed by atoms with Gasteiger partial charge >= 0.3 is 0 Å². The van der Waals surface area contributed by atoms with Gasteiger partial charge in [0.1, 0.15) is 0 Å². The van der Waals surface area contributed by atoms with Crippen molar-refractivity contribution in [3.63, 3.8) is 0 Å². The zero-order chi connectivity index (χ0) is 17.2. The number of ether oxygens (including phenoxy) is 1. The van der Waals surface area contributed by atoms with E-state index in [2.05, 4.69) is 30.0 Å². The summed E-state index contributed by atoms with van der Waals surface area (Å²) in [5, 5.41) is 8.47. The molecule has 0 aromatic carbocycles. The van der Waals surface area contributed by atoms with Crippen molar-refractivity contribution in [1.82, 2.24) is 20.2 Å². The SMILES string of the molecule is Cc1ccc(N2CCO[C@H]3CN(c4ncc(F)cn4)CC[C@H]3C2)nn1. The average molecular weight is 344 g/mol. The van der Waals surface area contributed by atoms with Gasteiger partial charge in [0.2, 0.25) is 5.95 Å². The molecule has 2 aromatic heterocycles. The van der Waals surface area contributed by atoms with Crippen LogP contribution in [0, 0.1) is 18.7 Å². The summed E-state index contributed by atoms with van der Waals surface area (Å²) in [6.45, 7) is 5.85. The van der Waals surface area contributed by atoms with Gasteiger partial charge in [-0.15, -0.1) is 5.10 Å². The standard InChI is InChI=1S/C17H21FN6O/c1-12-2-3-16(22-21-12)23-6-7-25-15-11-24(5-4-13(15)10-23)17-19-8-14(18)9-20-17/h2-3,8-9,13,15H,4-7,10-11H2,1H3/t13-,15-/m0/s1. The second kappa shape index (κ2) is 6.87. The first-order chi connectivity index (χ1) is 12.2. The summed E-state index contributed by atoms with van der Waals surface area (Å²) in [6, 6.07) is 4.00. The van der Waals surface area contributed by atoms with Gasteiger partial charge in [0.05, 0.1) is 30.8 Å². The summed E-state index contributed by atoms with van der Waals surface area (Å²) in [6.07, 6.45) is 3.51. The van der Waals surface area contributed by atoms with Crippen molar-refractivity contribution in [3.05, 3.63) is 36.0 Å². The van der Waals surface area contributed by atoms with Gasteiger partial charge in [0.15, 0.2) is 11.6 Å². The summed E-state index contributed by atoms with van der Waals surface area (Å²) in [7, 11) is 0. The molecule has 2 fully saturated rings. The second-order valence-electron chi connectivity index (χ2n) is 6.58. The predicted molar refractivity (Wildman–Crippen MR) is 91.0 cm³/mol. The van der Waals surface area contributed by atoms with Crippen molar-refractivity contribution < 1.29 is 9.13 Å². The Balaban J connectivity index is 1.45. The zero-order valence-electron chi connectivity index (χ0n) is 14.2. The Morgan fingerprint density at radius 1 is 1.08 bits per heavy atom. The first-order valence-electron chi connectivity index (χ1n) is 8.58. The molecule has 0 saturated carbocycles. The lowest BCUT2D eigenvalue weighted by Crippen LogP contribution is -2.47. The molecule has 4 rings (SSSR count). The topological polar surface area (TPSA) is 67.3 Å². The Hall–Kier alpha value is -2.35. The Labute approximate surface area is 145 Å². The number of rotatable bonds is 2. The highest BCUT2D eigenvalue weighted by atomic mass is 19.1. The van der Waals surface area contributed by atoms with E-state index in [9.17, 15) is 4.39 Å². The molecule has 8 heteroatoms. The lowest BCUT2D eigenvalue weighted by molar-refractivity contribution is 0.0249. The molecule has 0 unspecified atom stereocenters. The molecular weight excluding hydrogens is 323 g/mol. The van der Waals surface area contributed by atoms with Crippen molar-refractivity contribution in [2.45, 2.75) is 19.4 Å². The Kier molecular flexibility index (Phi) is 4.44. The van der Waals surface area contributed by atoms with E-state index in [4.69, 9.17) is 4.74 Å². The molecule has 2 aliphatic heterocycles. The van der Waals surface area contributed by atoms with Crippen LogP contribution in [0.1, 0.15) is 12.1 Å². The van der Waals surface area contributed by atoms with E-state index in [1.54, 1.807) is 0 Å². The van der Waals surface area contributed by atoms with E-state index in [1.165, 1.54) is 12.4 Å². The quantitative estimate of drug-likeness (QED) is 0.817. The molecule has 0 radical (unpaired) electrons. The highest BCUT2D eigenvalue weighted by Crippen LogP contribution is 2.27. The highest BCUT2D eigenvalue weighted by Gasteiger charge is 2.34. The van der Waals surface area contributed by atoms with Crippen LogP contribution >= 0.6 is 0 Å². The molecule has 25 heavy (non-hydrogen) atoms. The first-order valence-corrected chi connectivity index (χ1v) is 8.58. The Morgan fingerprint density at radius 2 is 1.92 bits per heavy atom. The Morgan fingerprint density at radius 3 is 2.68 bits per heavy atom. The molecule has 2 saturated heterocycles. The van der Waals surface area contributed by atoms with Gasteiger partial charge in [0.25, 0.3) is 0 Å². The van der Waals surface area contributed by atoms with Crippen LogP contribution in [0.25, 0.3) is 0 Å². The van der Waals surface area contributed by atoms with Crippen molar-refractivity contribution >= 4 is 11.8 Å². The van der Waals surface area contributed by atoms with E-state index in [0.29, 0.717) is 18.5 Å². The molecule has 0 spiro atoms. The summed E-state index contributed by atoms with van der Waals surface area (Å²) in [4.78, 5) is 12.5. The van der Waals surface area contributed by atoms with E-state index >= 15 is 0 Å². The van der Waals surface area contributed by atoms with E-state index in [-0.39, 0.29) is 6.10 Å². The van der Waals surface area contributed by atoms with Crippen LogP contribution in [-0.4, -0.2) is 59.1 Å². The van der Waals surface area contributed by atoms with Gasteiger partial charge in [-0.3, -0.25) is 0 Å². The lowest BCUT2D eigenvalue weighted by atomic mass is 9.93. The fraction of sp³-hybridized carbons (Fsp3) is 0.529. The highest BCUT2D eigenvalue weighted by molar-refractivity contribution is 5.38. The van der Waals surface area contributed by atoms with Crippen LogP contribution in [0.4, 0.5) is 16.2 Å². The summed E-state index contributed by atoms with van der Waals surface area (Å²) < 4.78 is 19.1. The van der Waals surface area contributed by atoms with Crippen LogP contribution in [0.5, 0.6) is 0 Å². The van der Waals surface area contributed by atoms with Crippen LogP contribution in [0.15, 0.2) is 24.5 Å². The molecule has 0 bridgehead atoms. The number of hydrogen-bond acceptors (Lipinski definition) is 7. The van der Waals surface area contributed by atoms with Gasteiger partial charge < -0.3 is 14.5 Å². The zero-order valence-corrected chi connectivity index (χ0v) is 14.2. The van der Waals surface area contributed by atoms with E-state index < -0.39 is 5.82 Å². The fourth-order valence-electron chi connectivity index (χ4n) is 3.47. The fourth-order valence-corrected chi connectivity index (χ4v) is 3.47. The minimum absolute atomic E-state index is 0.116. The van der Waals surface area contributed by atoms with Gasteiger partial charge in [-0.25, -0.2) is 14.4 Å². The maximum atomic E-state index is 13.0. The Bertz CT molecular complexity index is 710. The number of piperidine rings is 1. The van der Waals surface area contributed by atoms with Crippen LogP contribution in [0.3, 0.4) is 0 Å². The number of aromatic nitrogens is 4. The van der Waals surface area contributed by atoms with Crippen molar-refractivity contribution in [3.8, 4) is 0 Å². The summed E-state index contributed by atoms with van der Waals surface area (Å²) in [5.74, 6) is 1.47. The molecular formula is C17H21FN6O. The molecule has 132 valence electrons. The monoisotopic (exact) mass is 344 g/mol. The van der Waals surface area contributed by atoms with E-state index in [1.807, 2.05) is 19.1 Å². The average Bonchev–Trinajstić information content (AvgIpc) is 2.85. The second-order valence-corrected chi connectivity index (χ2v) is 6.58. The molecule has 2 aliphatic rings. The van der Waals surface area contributed by atoms with Gasteiger partial charge in [0, 0.05) is 32.1 Å². The first kappa shape index (κ1) is 16.1. The largest absolute Gasteiger partial charge is 0.374 e. The van der Waals surface area contributed by atoms with E-state index in [0.717, 1.165) is 44.1 Å². The van der Waals surface area contributed by atoms with Gasteiger partial charge in [-0.2, -0.15) is 5.10 Å². The third-order valence-electron chi connectivity index (χ3n) is 4.84. The van der Waals surface area contributed by atoms with Crippen molar-refractivity contribution in [1.29, 1.82) is 0 Å². The number of halogens is 1. The van der Waals surface area contributed by atoms with Crippen molar-refractivity contribution in [2.24, 2.45) is 5.92 Å². The minimum Gasteiger partial charge on any atom is -0.374 e. The number of nitrogens with zero attached hydrogens (tertiary/aromatic N) is 6. The van der Waals surface area contributed by atoms with Gasteiger partial charge in [-0.05, 0) is 25.5 Å². The van der Waals surface area contributed by atoms with Crippen molar-refractivity contribution in [2.75, 3.05) is 42.6 Å². The lowest BCUT2D eigenvalue weighted by Gasteiger charge is -2.38. The normalized spacial score (nSPS) is 23.9. The van der Waals surface area contributed by atoms with Crippen LogP contribution in [-0.2, 0) is 4.74 Å². The van der Waals surface area contributed by atoms with Crippen LogP contribution in [0.2, 0.25) is 0 Å². The summed E-state index contributed by atoms with van der Waals surface area (Å²) in [5.41, 5.74) is 0.917. The van der Waals surface area contributed by atoms with Gasteiger partial charge in [-0.1, -0.05) is 0 Å². The third-order valence-corrected chi connectivity index (χ3v) is 4.84. The maximum Gasteiger partial charge on any atom is 0.225 e. The molecule has 2 atom stereocenters.